The number of nitrogens with zero attached hydrogens (tertiary/aromatic N) is 1. The van der Waals surface area contributed by atoms with Crippen LogP contribution in [0.4, 0.5) is 0 Å². The summed E-state index contributed by atoms with van der Waals surface area (Å²) in [6, 6.07) is 9.35. The summed E-state index contributed by atoms with van der Waals surface area (Å²) in [7, 11) is 0. The summed E-state index contributed by atoms with van der Waals surface area (Å²) >= 11 is 0. The second-order valence-corrected chi connectivity index (χ2v) is 6.09. The molecule has 1 aliphatic rings. The van der Waals surface area contributed by atoms with Gasteiger partial charge in [-0.25, -0.2) is 0 Å². The van der Waals surface area contributed by atoms with Crippen molar-refractivity contribution in [3.63, 3.8) is 0 Å². The van der Waals surface area contributed by atoms with Crippen LogP contribution in [0.5, 0.6) is 0 Å². The first-order valence-electron chi connectivity index (χ1n) is 10.8. The molecule has 0 amide bonds. The Morgan fingerprint density at radius 2 is 1.83 bits per heavy atom. The first-order valence-corrected chi connectivity index (χ1v) is 8.77. The van der Waals surface area contributed by atoms with Crippen LogP contribution in [0.1, 0.15) is 62.9 Å². The van der Waals surface area contributed by atoms with Gasteiger partial charge in [-0.05, 0) is 37.4 Å². The normalized spacial score (nSPS) is 20.1. The van der Waals surface area contributed by atoms with E-state index < -0.39 is 24.9 Å². The van der Waals surface area contributed by atoms with Crippen LogP contribution in [-0.2, 0) is 9.53 Å². The quantitative estimate of drug-likeness (QED) is 0.634. The van der Waals surface area contributed by atoms with Crippen LogP contribution in [0.3, 0.4) is 0 Å². The molecule has 1 fully saturated rings. The first kappa shape index (κ1) is 15.2. The van der Waals surface area contributed by atoms with Crippen LogP contribution < -0.4 is 0 Å². The predicted octanol–water partition coefficient (Wildman–Crippen LogP) is 4.66. The molecule has 0 saturated heterocycles. The highest BCUT2D eigenvalue weighted by molar-refractivity contribution is 5.85. The van der Waals surface area contributed by atoms with Gasteiger partial charge in [-0.2, -0.15) is 0 Å². The second kappa shape index (κ2) is 11.5. The van der Waals surface area contributed by atoms with Crippen molar-refractivity contribution in [2.75, 3.05) is 26.1 Å². The van der Waals surface area contributed by atoms with E-state index in [4.69, 9.17) is 10.2 Å². The highest BCUT2D eigenvalue weighted by atomic mass is 35.5. The average Bonchev–Trinajstić information content (AvgIpc) is 2.64. The molecule has 1 unspecified atom stereocenters. The Bertz CT molecular complexity index is 605. The fourth-order valence-electron chi connectivity index (χ4n) is 3.31. The molecule has 0 radical (unpaired) electrons. The minimum Gasteiger partial charge on any atom is -0.464 e. The summed E-state index contributed by atoms with van der Waals surface area (Å²) in [5, 5.41) is 0. The number of likely N-dealkylation sites (N-methyl/N-ethyl adjacent to an activating group) is 1. The monoisotopic (exact) mass is 357 g/mol. The van der Waals surface area contributed by atoms with Gasteiger partial charge in [-0.1, -0.05) is 63.4 Å². The molecule has 136 valence electrons. The third kappa shape index (κ3) is 6.10. The summed E-state index contributed by atoms with van der Waals surface area (Å²) in [5.74, 6) is -1.13. The standard InChI is InChI=1S/C20H31NO2.ClH/c1-3-21(4-2)15-16-23-20(22)19(17-11-7-5-8-12-17)18-13-9-6-10-14-18;/h5,7-8,11-12,18-19H,3-4,6,9-10,13-16H2,1-2H3;1H/i15D2,16D2;. The predicted molar refractivity (Wildman–Crippen MR) is 102 cm³/mol. The number of hydrogen-bond donors (Lipinski definition) is 0. The SMILES string of the molecule is Cl.[2H]C([2H])(OC(=O)C(c1ccccc1)C1CCCCC1)C([2H])([2H])N(CC)CC. The fourth-order valence-corrected chi connectivity index (χ4v) is 3.31. The van der Waals surface area contributed by atoms with E-state index in [-0.39, 0.29) is 18.3 Å². The fraction of sp³-hybridized carbons (Fsp3) is 0.650. The Labute approximate surface area is 158 Å². The van der Waals surface area contributed by atoms with Crippen molar-refractivity contribution in [1.82, 2.24) is 4.90 Å². The Morgan fingerprint density at radius 1 is 1.21 bits per heavy atom. The van der Waals surface area contributed by atoms with Crippen molar-refractivity contribution in [2.45, 2.75) is 51.9 Å². The molecule has 0 heterocycles. The number of carbonyl (C=O) groups excluding carboxylic acids is 1. The highest BCUT2D eigenvalue weighted by Crippen LogP contribution is 2.36. The number of esters is 1. The van der Waals surface area contributed by atoms with Crippen LogP contribution in [0.15, 0.2) is 30.3 Å². The largest absolute Gasteiger partial charge is 0.464 e. The Kier molecular flexibility index (Phi) is 7.28. The molecule has 0 aromatic heterocycles. The summed E-state index contributed by atoms with van der Waals surface area (Å²) in [6.07, 6.45) is 5.06. The van der Waals surface area contributed by atoms with Crippen LogP contribution in [0, 0.1) is 5.92 Å². The first-order chi connectivity index (χ1) is 12.7. The topological polar surface area (TPSA) is 29.5 Å². The molecule has 3 nitrogen and oxygen atoms in total. The van der Waals surface area contributed by atoms with Crippen molar-refractivity contribution in [1.29, 1.82) is 0 Å². The van der Waals surface area contributed by atoms with E-state index in [0.717, 1.165) is 37.7 Å². The van der Waals surface area contributed by atoms with Crippen LogP contribution >= 0.6 is 12.4 Å². The molecule has 0 spiro atoms. The van der Waals surface area contributed by atoms with Gasteiger partial charge in [0.2, 0.25) is 0 Å². The van der Waals surface area contributed by atoms with Gasteiger partial charge in [-0.3, -0.25) is 4.79 Å². The Hall–Kier alpha value is -1.06. The smallest absolute Gasteiger partial charge is 0.313 e. The molecule has 0 bridgehead atoms. The zero-order valence-corrected chi connectivity index (χ0v) is 15.5. The minimum atomic E-state index is -2.74. The molecule has 1 aromatic rings. The highest BCUT2D eigenvalue weighted by Gasteiger charge is 2.32. The van der Waals surface area contributed by atoms with E-state index >= 15 is 0 Å². The van der Waals surface area contributed by atoms with Gasteiger partial charge in [0.15, 0.2) is 0 Å². The number of carbonyl (C=O) groups is 1. The zero-order chi connectivity index (χ0) is 20.1. The molecule has 1 atom stereocenters. The second-order valence-electron chi connectivity index (χ2n) is 6.09. The average molecular weight is 358 g/mol. The third-order valence-corrected chi connectivity index (χ3v) is 4.65. The van der Waals surface area contributed by atoms with E-state index in [9.17, 15) is 4.79 Å². The maximum atomic E-state index is 13.1. The lowest BCUT2D eigenvalue weighted by Gasteiger charge is -2.29. The van der Waals surface area contributed by atoms with Gasteiger partial charge in [0.1, 0.15) is 6.56 Å². The summed E-state index contributed by atoms with van der Waals surface area (Å²) in [4.78, 5) is 14.4. The number of ether oxygens (including phenoxy) is 1. The van der Waals surface area contributed by atoms with Gasteiger partial charge in [0.05, 0.1) is 8.66 Å². The van der Waals surface area contributed by atoms with Crippen molar-refractivity contribution in [3.8, 4) is 0 Å². The number of hydrogen-bond acceptors (Lipinski definition) is 3. The van der Waals surface area contributed by atoms with Crippen LogP contribution in [-0.4, -0.2) is 37.0 Å². The van der Waals surface area contributed by atoms with E-state index in [0.29, 0.717) is 13.1 Å². The number of benzene rings is 1. The lowest BCUT2D eigenvalue weighted by atomic mass is 9.77. The van der Waals surface area contributed by atoms with E-state index in [1.165, 1.54) is 4.90 Å². The maximum Gasteiger partial charge on any atom is 0.313 e. The Balaban J connectivity index is 0.00000392. The summed E-state index contributed by atoms with van der Waals surface area (Å²) in [5.41, 5.74) is 0.814. The lowest BCUT2D eigenvalue weighted by molar-refractivity contribution is -0.147. The van der Waals surface area contributed by atoms with Crippen molar-refractivity contribution >= 4 is 18.4 Å². The minimum absolute atomic E-state index is 0. The number of halogens is 1. The third-order valence-electron chi connectivity index (χ3n) is 4.65. The lowest BCUT2D eigenvalue weighted by Crippen LogP contribution is -2.31. The van der Waals surface area contributed by atoms with E-state index in [1.807, 2.05) is 30.3 Å². The molecular formula is C20H32ClNO2. The van der Waals surface area contributed by atoms with Crippen LogP contribution in [0.2, 0.25) is 0 Å². The van der Waals surface area contributed by atoms with Gasteiger partial charge < -0.3 is 9.64 Å². The van der Waals surface area contributed by atoms with Gasteiger partial charge in [-0.15, -0.1) is 12.4 Å². The maximum absolute atomic E-state index is 13.1. The van der Waals surface area contributed by atoms with Gasteiger partial charge in [0, 0.05) is 9.24 Å². The summed E-state index contributed by atoms with van der Waals surface area (Å²) < 4.78 is 38.0. The van der Waals surface area contributed by atoms with E-state index in [1.54, 1.807) is 13.8 Å². The van der Waals surface area contributed by atoms with Crippen LogP contribution in [0.25, 0.3) is 0 Å². The van der Waals surface area contributed by atoms with E-state index in [2.05, 4.69) is 0 Å². The van der Waals surface area contributed by atoms with Gasteiger partial charge >= 0.3 is 5.97 Å². The molecule has 1 aromatic carbocycles. The molecule has 1 aliphatic carbocycles. The Morgan fingerprint density at radius 3 is 2.42 bits per heavy atom. The van der Waals surface area contributed by atoms with Crippen molar-refractivity contribution < 1.29 is 15.0 Å². The molecule has 4 heteroatoms. The molecule has 0 N–H and O–H groups in total. The van der Waals surface area contributed by atoms with Crippen molar-refractivity contribution in [2.24, 2.45) is 5.92 Å². The zero-order valence-electron chi connectivity index (χ0n) is 18.7. The molecule has 0 aliphatic heterocycles. The number of rotatable bonds is 8. The molecule has 24 heavy (non-hydrogen) atoms. The molecule has 1 saturated carbocycles. The summed E-state index contributed by atoms with van der Waals surface area (Å²) in [6.45, 7) is -0.976. The molecular weight excluding hydrogens is 322 g/mol. The van der Waals surface area contributed by atoms with Gasteiger partial charge in [0.25, 0.3) is 0 Å². The molecule has 2 rings (SSSR count). The van der Waals surface area contributed by atoms with Crippen molar-refractivity contribution in [3.05, 3.63) is 35.9 Å².